The molecule has 0 spiro atoms. The highest BCUT2D eigenvalue weighted by atomic mass is 35.5. The first-order valence-corrected chi connectivity index (χ1v) is 7.38. The van der Waals surface area contributed by atoms with Crippen LogP contribution in [0.25, 0.3) is 0 Å². The molecule has 2 aromatic heterocycles. The van der Waals surface area contributed by atoms with E-state index >= 15 is 0 Å². The number of nitrogens with zero attached hydrogens (tertiary/aromatic N) is 2. The average molecular weight is 341 g/mol. The number of amides is 1. The van der Waals surface area contributed by atoms with Gasteiger partial charge in [0, 0.05) is 20.2 Å². The number of furan rings is 1. The number of nitrogens with one attached hydrogen (secondary N) is 2. The van der Waals surface area contributed by atoms with Crippen molar-refractivity contribution in [1.82, 2.24) is 20.4 Å². The number of ether oxygens (including phenoxy) is 1. The standard InChI is InChI=1S/C15H20N4O3.ClH/c1-21-10-13-3-4-14(22-13)15(20)17-8-11-7-12-9-16-5-2-6-19(12)18-11;/h3-4,7,16H,2,5-6,8-10H2,1H3,(H,17,20);1H. The fourth-order valence-electron chi connectivity index (χ4n) is 2.49. The minimum atomic E-state index is -0.247. The van der Waals surface area contributed by atoms with Crippen LogP contribution < -0.4 is 10.6 Å². The predicted molar refractivity (Wildman–Crippen MR) is 86.4 cm³/mol. The first kappa shape index (κ1) is 17.5. The van der Waals surface area contributed by atoms with Crippen molar-refractivity contribution in [2.24, 2.45) is 0 Å². The van der Waals surface area contributed by atoms with Crippen molar-refractivity contribution in [3.63, 3.8) is 0 Å². The lowest BCUT2D eigenvalue weighted by atomic mass is 10.3. The average Bonchev–Trinajstić information content (AvgIpc) is 3.08. The van der Waals surface area contributed by atoms with Crippen LogP contribution in [-0.4, -0.2) is 29.3 Å². The molecule has 126 valence electrons. The van der Waals surface area contributed by atoms with Gasteiger partial charge in [-0.25, -0.2) is 0 Å². The molecule has 3 heterocycles. The van der Waals surface area contributed by atoms with Gasteiger partial charge in [-0.15, -0.1) is 12.4 Å². The zero-order chi connectivity index (χ0) is 15.4. The van der Waals surface area contributed by atoms with E-state index < -0.39 is 0 Å². The molecule has 0 radical (unpaired) electrons. The zero-order valence-electron chi connectivity index (χ0n) is 13.0. The first-order chi connectivity index (χ1) is 10.8. The third kappa shape index (κ3) is 4.34. The molecular weight excluding hydrogens is 320 g/mol. The van der Waals surface area contributed by atoms with Crippen LogP contribution in [0.5, 0.6) is 0 Å². The van der Waals surface area contributed by atoms with E-state index in [-0.39, 0.29) is 24.1 Å². The van der Waals surface area contributed by atoms with E-state index in [1.807, 2.05) is 10.7 Å². The van der Waals surface area contributed by atoms with Crippen LogP contribution in [0.15, 0.2) is 22.6 Å². The number of halogens is 1. The summed E-state index contributed by atoms with van der Waals surface area (Å²) < 4.78 is 12.4. The Balaban J connectivity index is 0.00000192. The van der Waals surface area contributed by atoms with Crippen molar-refractivity contribution < 1.29 is 13.9 Å². The third-order valence-electron chi connectivity index (χ3n) is 3.55. The summed E-state index contributed by atoms with van der Waals surface area (Å²) in [4.78, 5) is 12.0. The molecular formula is C15H21ClN4O3. The molecule has 2 aromatic rings. The number of carbonyl (C=O) groups is 1. The van der Waals surface area contributed by atoms with Crippen LogP contribution in [0.2, 0.25) is 0 Å². The molecule has 1 aliphatic heterocycles. The lowest BCUT2D eigenvalue weighted by Gasteiger charge is -2.01. The molecule has 8 heteroatoms. The summed E-state index contributed by atoms with van der Waals surface area (Å²) in [6.07, 6.45) is 1.06. The van der Waals surface area contributed by atoms with Crippen molar-refractivity contribution in [2.45, 2.75) is 32.7 Å². The number of methoxy groups -OCH3 is 1. The summed E-state index contributed by atoms with van der Waals surface area (Å²) >= 11 is 0. The second-order valence-electron chi connectivity index (χ2n) is 5.26. The Morgan fingerprint density at radius 3 is 3.22 bits per heavy atom. The summed E-state index contributed by atoms with van der Waals surface area (Å²) in [7, 11) is 1.58. The van der Waals surface area contributed by atoms with Gasteiger partial charge in [0.25, 0.3) is 5.91 Å². The highest BCUT2D eigenvalue weighted by Crippen LogP contribution is 2.10. The quantitative estimate of drug-likeness (QED) is 0.861. The van der Waals surface area contributed by atoms with Crippen molar-refractivity contribution in [2.75, 3.05) is 13.7 Å². The zero-order valence-corrected chi connectivity index (χ0v) is 13.8. The van der Waals surface area contributed by atoms with Gasteiger partial charge < -0.3 is 19.8 Å². The van der Waals surface area contributed by atoms with Gasteiger partial charge in [0.05, 0.1) is 17.9 Å². The Morgan fingerprint density at radius 1 is 1.52 bits per heavy atom. The van der Waals surface area contributed by atoms with E-state index in [1.165, 1.54) is 0 Å². The van der Waals surface area contributed by atoms with Gasteiger partial charge in [-0.1, -0.05) is 0 Å². The second-order valence-corrected chi connectivity index (χ2v) is 5.26. The van der Waals surface area contributed by atoms with Gasteiger partial charge in [0.1, 0.15) is 12.4 Å². The van der Waals surface area contributed by atoms with Gasteiger partial charge >= 0.3 is 0 Å². The number of hydrogen-bond acceptors (Lipinski definition) is 5. The molecule has 0 aliphatic carbocycles. The predicted octanol–water partition coefficient (Wildman–Crippen LogP) is 1.47. The number of aryl methyl sites for hydroxylation is 1. The summed E-state index contributed by atoms with van der Waals surface area (Å²) in [5.41, 5.74) is 2.01. The number of carbonyl (C=O) groups excluding carboxylic acids is 1. The molecule has 3 rings (SSSR count). The van der Waals surface area contributed by atoms with E-state index in [4.69, 9.17) is 9.15 Å². The van der Waals surface area contributed by atoms with Gasteiger partial charge in [-0.05, 0) is 31.2 Å². The van der Waals surface area contributed by atoms with Gasteiger partial charge in [0.15, 0.2) is 5.76 Å². The van der Waals surface area contributed by atoms with Crippen LogP contribution in [0.1, 0.15) is 34.1 Å². The lowest BCUT2D eigenvalue weighted by Crippen LogP contribution is -2.22. The van der Waals surface area contributed by atoms with E-state index in [2.05, 4.69) is 15.7 Å². The fraction of sp³-hybridized carbons (Fsp3) is 0.467. The molecule has 7 nitrogen and oxygen atoms in total. The van der Waals surface area contributed by atoms with Crippen LogP contribution >= 0.6 is 12.4 Å². The number of hydrogen-bond donors (Lipinski definition) is 2. The van der Waals surface area contributed by atoms with Crippen molar-refractivity contribution in [3.05, 3.63) is 41.1 Å². The van der Waals surface area contributed by atoms with E-state index in [0.29, 0.717) is 18.9 Å². The number of aromatic nitrogens is 2. The highest BCUT2D eigenvalue weighted by Gasteiger charge is 2.14. The molecule has 1 amide bonds. The molecule has 0 bridgehead atoms. The molecule has 0 unspecified atom stereocenters. The van der Waals surface area contributed by atoms with Crippen molar-refractivity contribution in [1.29, 1.82) is 0 Å². The maximum Gasteiger partial charge on any atom is 0.287 e. The van der Waals surface area contributed by atoms with Gasteiger partial charge in [-0.3, -0.25) is 9.48 Å². The Kier molecular flexibility index (Phi) is 6.20. The molecule has 23 heavy (non-hydrogen) atoms. The molecule has 1 aliphatic rings. The van der Waals surface area contributed by atoms with Crippen LogP contribution in [0, 0.1) is 0 Å². The molecule has 2 N–H and O–H groups in total. The van der Waals surface area contributed by atoms with E-state index in [0.717, 1.165) is 37.4 Å². The SMILES string of the molecule is COCc1ccc(C(=O)NCc2cc3n(n2)CCCNC3)o1.Cl. The second kappa shape index (κ2) is 8.14. The normalized spacial score (nSPS) is 13.8. The summed E-state index contributed by atoms with van der Waals surface area (Å²) in [6.45, 7) is 3.49. The van der Waals surface area contributed by atoms with E-state index in [1.54, 1.807) is 19.2 Å². The lowest BCUT2D eigenvalue weighted by molar-refractivity contribution is 0.0914. The number of fused-ring (bicyclic) bond motifs is 1. The molecule has 0 saturated carbocycles. The smallest absolute Gasteiger partial charge is 0.287 e. The Hall–Kier alpha value is -1.83. The highest BCUT2D eigenvalue weighted by molar-refractivity contribution is 5.91. The summed E-state index contributed by atoms with van der Waals surface area (Å²) in [6, 6.07) is 5.41. The topological polar surface area (TPSA) is 81.3 Å². The van der Waals surface area contributed by atoms with Crippen molar-refractivity contribution >= 4 is 18.3 Å². The summed E-state index contributed by atoms with van der Waals surface area (Å²) in [5.74, 6) is 0.672. The number of rotatable bonds is 5. The maximum atomic E-state index is 12.0. The molecule has 0 atom stereocenters. The molecule has 0 aromatic carbocycles. The Morgan fingerprint density at radius 2 is 2.39 bits per heavy atom. The molecule has 0 saturated heterocycles. The van der Waals surface area contributed by atoms with Crippen LogP contribution in [-0.2, 0) is 31.0 Å². The van der Waals surface area contributed by atoms with E-state index in [9.17, 15) is 4.79 Å². The Labute approximate surface area is 140 Å². The molecule has 0 fully saturated rings. The van der Waals surface area contributed by atoms with Gasteiger partial charge in [0.2, 0.25) is 0 Å². The minimum absolute atomic E-state index is 0. The third-order valence-corrected chi connectivity index (χ3v) is 3.55. The largest absolute Gasteiger partial charge is 0.453 e. The van der Waals surface area contributed by atoms with Crippen LogP contribution in [0.3, 0.4) is 0 Å². The summed E-state index contributed by atoms with van der Waals surface area (Å²) in [5, 5.41) is 10.7. The maximum absolute atomic E-state index is 12.0. The monoisotopic (exact) mass is 340 g/mol. The van der Waals surface area contributed by atoms with Crippen LogP contribution in [0.4, 0.5) is 0 Å². The minimum Gasteiger partial charge on any atom is -0.453 e. The van der Waals surface area contributed by atoms with Crippen molar-refractivity contribution in [3.8, 4) is 0 Å². The first-order valence-electron chi connectivity index (χ1n) is 7.38. The Bertz CT molecular complexity index is 629. The van der Waals surface area contributed by atoms with Gasteiger partial charge in [-0.2, -0.15) is 5.10 Å². The fourth-order valence-corrected chi connectivity index (χ4v) is 2.49.